The summed E-state index contributed by atoms with van der Waals surface area (Å²) in [6, 6.07) is 7.32. The van der Waals surface area contributed by atoms with Crippen LogP contribution in [0.2, 0.25) is 0 Å². The molecule has 7 nitrogen and oxygen atoms in total. The van der Waals surface area contributed by atoms with Gasteiger partial charge in [0.25, 0.3) is 0 Å². The summed E-state index contributed by atoms with van der Waals surface area (Å²) >= 11 is 1.52. The predicted octanol–water partition coefficient (Wildman–Crippen LogP) is 1.76. The minimum atomic E-state index is -0.677. The average molecular weight is 345 g/mol. The zero-order valence-corrected chi connectivity index (χ0v) is 13.9. The van der Waals surface area contributed by atoms with Gasteiger partial charge in [0.2, 0.25) is 0 Å². The minimum absolute atomic E-state index is 0.192. The predicted molar refractivity (Wildman–Crippen MR) is 92.0 cm³/mol. The van der Waals surface area contributed by atoms with Crippen molar-refractivity contribution in [2.75, 3.05) is 13.1 Å². The van der Waals surface area contributed by atoms with E-state index in [9.17, 15) is 9.90 Å². The summed E-state index contributed by atoms with van der Waals surface area (Å²) in [5.74, 6) is 0.876. The highest BCUT2D eigenvalue weighted by Gasteiger charge is 2.09. The quantitative estimate of drug-likeness (QED) is 0.569. The Bertz CT molecular complexity index is 787. The fraction of sp³-hybridized carbons (Fsp3) is 0.312. The number of aliphatic hydroxyl groups is 1. The van der Waals surface area contributed by atoms with Gasteiger partial charge in [0.1, 0.15) is 5.82 Å². The molecule has 126 valence electrons. The van der Waals surface area contributed by atoms with Gasteiger partial charge in [-0.2, -0.15) is 11.3 Å². The normalized spacial score (nSPS) is 12.2. The third kappa shape index (κ3) is 4.09. The molecule has 3 aromatic heterocycles. The second-order valence-corrected chi connectivity index (χ2v) is 6.14. The van der Waals surface area contributed by atoms with Gasteiger partial charge in [-0.05, 0) is 40.9 Å². The van der Waals surface area contributed by atoms with Crippen LogP contribution >= 0.6 is 11.3 Å². The van der Waals surface area contributed by atoms with E-state index in [0.717, 1.165) is 29.9 Å². The van der Waals surface area contributed by atoms with Crippen molar-refractivity contribution >= 4 is 23.0 Å². The number of hydrogen-bond donors (Lipinski definition) is 3. The van der Waals surface area contributed by atoms with E-state index in [-0.39, 0.29) is 12.6 Å². The molecule has 1 unspecified atom stereocenters. The van der Waals surface area contributed by atoms with Crippen LogP contribution in [-0.2, 0) is 6.42 Å². The van der Waals surface area contributed by atoms with Crippen LogP contribution in [0, 0.1) is 0 Å². The van der Waals surface area contributed by atoms with E-state index in [2.05, 4.69) is 20.8 Å². The first-order valence-electron chi connectivity index (χ1n) is 7.74. The number of carbonyl (C=O) groups is 1. The van der Waals surface area contributed by atoms with Crippen LogP contribution in [0.15, 0.2) is 41.2 Å². The number of aliphatic hydroxyl groups excluding tert-OH is 1. The van der Waals surface area contributed by atoms with E-state index >= 15 is 0 Å². The fourth-order valence-electron chi connectivity index (χ4n) is 2.34. The Morgan fingerprint density at radius 1 is 1.29 bits per heavy atom. The van der Waals surface area contributed by atoms with Gasteiger partial charge in [0.15, 0.2) is 5.65 Å². The number of hydrogen-bond acceptors (Lipinski definition) is 5. The smallest absolute Gasteiger partial charge is 0.314 e. The van der Waals surface area contributed by atoms with E-state index in [1.54, 1.807) is 0 Å². The molecule has 8 heteroatoms. The van der Waals surface area contributed by atoms with E-state index in [4.69, 9.17) is 0 Å². The molecule has 3 heterocycles. The maximum absolute atomic E-state index is 11.7. The topological polar surface area (TPSA) is 91.6 Å². The molecule has 0 radical (unpaired) electrons. The standard InChI is InChI=1S/C16H19N5O2S/c22-13(12-6-9-24-11-12)10-18-16(23)17-7-3-5-15-20-19-14-4-1-2-8-21(14)15/h1-2,4,6,8-9,11,13,22H,3,5,7,10H2,(H2,17,18,23). The number of nitrogens with zero attached hydrogens (tertiary/aromatic N) is 3. The van der Waals surface area contributed by atoms with Crippen molar-refractivity contribution < 1.29 is 9.90 Å². The van der Waals surface area contributed by atoms with Gasteiger partial charge in [0.05, 0.1) is 6.10 Å². The van der Waals surface area contributed by atoms with E-state index in [0.29, 0.717) is 6.54 Å². The SMILES string of the molecule is O=C(NCCCc1nnc2ccccn12)NCC(O)c1ccsc1. The highest BCUT2D eigenvalue weighted by molar-refractivity contribution is 7.07. The molecule has 0 saturated carbocycles. The van der Waals surface area contributed by atoms with Crippen molar-refractivity contribution in [2.24, 2.45) is 0 Å². The Balaban J connectivity index is 1.36. The lowest BCUT2D eigenvalue weighted by molar-refractivity contribution is 0.173. The Morgan fingerprint density at radius 3 is 3.04 bits per heavy atom. The van der Waals surface area contributed by atoms with Gasteiger partial charge in [0, 0.05) is 25.7 Å². The van der Waals surface area contributed by atoms with Gasteiger partial charge in [-0.3, -0.25) is 4.40 Å². The van der Waals surface area contributed by atoms with Gasteiger partial charge in [-0.15, -0.1) is 10.2 Å². The molecule has 0 aliphatic carbocycles. The molecule has 0 aliphatic heterocycles. The summed E-state index contributed by atoms with van der Waals surface area (Å²) in [4.78, 5) is 11.7. The number of urea groups is 1. The van der Waals surface area contributed by atoms with Crippen LogP contribution in [0.1, 0.15) is 23.9 Å². The molecule has 0 aromatic carbocycles. The molecule has 24 heavy (non-hydrogen) atoms. The van der Waals surface area contributed by atoms with Crippen molar-refractivity contribution in [3.8, 4) is 0 Å². The van der Waals surface area contributed by atoms with E-state index in [1.807, 2.05) is 45.6 Å². The van der Waals surface area contributed by atoms with Gasteiger partial charge in [-0.1, -0.05) is 6.07 Å². The monoisotopic (exact) mass is 345 g/mol. The number of fused-ring (bicyclic) bond motifs is 1. The molecule has 0 spiro atoms. The first-order valence-corrected chi connectivity index (χ1v) is 8.69. The summed E-state index contributed by atoms with van der Waals surface area (Å²) in [5.41, 5.74) is 1.64. The molecule has 2 amide bonds. The summed E-state index contributed by atoms with van der Waals surface area (Å²) in [6.45, 7) is 0.722. The van der Waals surface area contributed by atoms with Crippen LogP contribution in [0.25, 0.3) is 5.65 Å². The minimum Gasteiger partial charge on any atom is -0.387 e. The number of rotatable bonds is 7. The highest BCUT2D eigenvalue weighted by atomic mass is 32.1. The van der Waals surface area contributed by atoms with Crippen LogP contribution in [0.4, 0.5) is 4.79 Å². The van der Waals surface area contributed by atoms with Crippen molar-refractivity contribution in [1.82, 2.24) is 25.2 Å². The lowest BCUT2D eigenvalue weighted by atomic mass is 10.2. The van der Waals surface area contributed by atoms with E-state index in [1.165, 1.54) is 11.3 Å². The molecular weight excluding hydrogens is 326 g/mol. The van der Waals surface area contributed by atoms with Crippen LogP contribution in [0.5, 0.6) is 0 Å². The van der Waals surface area contributed by atoms with Crippen molar-refractivity contribution in [1.29, 1.82) is 0 Å². The second kappa shape index (κ2) is 7.89. The summed E-state index contributed by atoms with van der Waals surface area (Å²) in [7, 11) is 0. The highest BCUT2D eigenvalue weighted by Crippen LogP contribution is 2.14. The van der Waals surface area contributed by atoms with Crippen molar-refractivity contribution in [3.63, 3.8) is 0 Å². The van der Waals surface area contributed by atoms with E-state index < -0.39 is 6.10 Å². The number of aromatic nitrogens is 3. The Kier molecular flexibility index (Phi) is 5.39. The number of amides is 2. The molecular formula is C16H19N5O2S. The van der Waals surface area contributed by atoms with Crippen LogP contribution in [0.3, 0.4) is 0 Å². The molecule has 0 bridgehead atoms. The Morgan fingerprint density at radius 2 is 2.21 bits per heavy atom. The maximum Gasteiger partial charge on any atom is 0.314 e. The molecule has 0 saturated heterocycles. The number of thiophene rings is 1. The lowest BCUT2D eigenvalue weighted by Gasteiger charge is -2.11. The molecule has 0 aliphatic rings. The number of nitrogens with one attached hydrogen (secondary N) is 2. The fourth-order valence-corrected chi connectivity index (χ4v) is 3.05. The van der Waals surface area contributed by atoms with Crippen molar-refractivity contribution in [2.45, 2.75) is 18.9 Å². The maximum atomic E-state index is 11.7. The number of pyridine rings is 1. The van der Waals surface area contributed by atoms with Crippen molar-refractivity contribution in [3.05, 3.63) is 52.6 Å². The molecule has 3 N–H and O–H groups in total. The van der Waals surface area contributed by atoms with Crippen LogP contribution in [-0.4, -0.2) is 38.8 Å². The van der Waals surface area contributed by atoms with Gasteiger partial charge >= 0.3 is 6.03 Å². The average Bonchev–Trinajstić information content (AvgIpc) is 3.26. The first-order chi connectivity index (χ1) is 11.7. The zero-order chi connectivity index (χ0) is 16.8. The number of carbonyl (C=O) groups excluding carboxylic acids is 1. The lowest BCUT2D eigenvalue weighted by Crippen LogP contribution is -2.38. The van der Waals surface area contributed by atoms with Gasteiger partial charge < -0.3 is 15.7 Å². The number of aryl methyl sites for hydroxylation is 1. The first kappa shape index (κ1) is 16.4. The summed E-state index contributed by atoms with van der Waals surface area (Å²) < 4.78 is 1.94. The Labute approximate surface area is 143 Å². The second-order valence-electron chi connectivity index (χ2n) is 5.36. The summed E-state index contributed by atoms with van der Waals surface area (Å²) in [5, 5.41) is 27.4. The van der Waals surface area contributed by atoms with Gasteiger partial charge in [-0.25, -0.2) is 4.79 Å². The Hall–Kier alpha value is -2.45. The molecule has 0 fully saturated rings. The molecule has 3 aromatic rings. The molecule has 3 rings (SSSR count). The zero-order valence-electron chi connectivity index (χ0n) is 13.1. The van der Waals surface area contributed by atoms with Crippen LogP contribution < -0.4 is 10.6 Å². The third-order valence-corrected chi connectivity index (χ3v) is 4.33. The third-order valence-electron chi connectivity index (χ3n) is 3.63. The largest absolute Gasteiger partial charge is 0.387 e. The summed E-state index contributed by atoms with van der Waals surface area (Å²) in [6.07, 6.45) is 2.74. The molecule has 1 atom stereocenters.